The van der Waals surface area contributed by atoms with Gasteiger partial charge in [-0.2, -0.15) is 0 Å². The highest BCUT2D eigenvalue weighted by Crippen LogP contribution is 2.69. The molecule has 39 heavy (non-hydrogen) atoms. The van der Waals surface area contributed by atoms with E-state index in [1.165, 1.54) is 6.92 Å². The molecule has 9 heteroatoms. The van der Waals surface area contributed by atoms with E-state index in [9.17, 15) is 19.2 Å². The Balaban J connectivity index is 1.24. The molecule has 1 heterocycles. The molecule has 2 amide bonds. The molecule has 3 atom stereocenters. The number of alkyl halides is 2. The summed E-state index contributed by atoms with van der Waals surface area (Å²) in [6, 6.07) is 21.0. The summed E-state index contributed by atoms with van der Waals surface area (Å²) in [4.78, 5) is 51.4. The van der Waals surface area contributed by atoms with Crippen LogP contribution >= 0.6 is 34.8 Å². The van der Waals surface area contributed by atoms with E-state index in [2.05, 4.69) is 0 Å². The molecular weight excluding hydrogens is 561 g/mol. The van der Waals surface area contributed by atoms with Crippen molar-refractivity contribution in [1.29, 1.82) is 0 Å². The molecule has 1 saturated heterocycles. The lowest BCUT2D eigenvalue weighted by Gasteiger charge is -2.54. The lowest BCUT2D eigenvalue weighted by atomic mass is 9.54. The Morgan fingerprint density at radius 1 is 0.821 bits per heavy atom. The van der Waals surface area contributed by atoms with Crippen LogP contribution in [0.15, 0.2) is 72.8 Å². The van der Waals surface area contributed by atoms with Crippen molar-refractivity contribution < 1.29 is 23.9 Å². The first kappa shape index (κ1) is 26.1. The van der Waals surface area contributed by atoms with Crippen molar-refractivity contribution in [1.82, 2.24) is 4.90 Å². The second-order valence-electron chi connectivity index (χ2n) is 10.1. The molecule has 6 nitrogen and oxygen atoms in total. The van der Waals surface area contributed by atoms with Crippen molar-refractivity contribution in [2.75, 3.05) is 6.54 Å². The normalized spacial score (nSPS) is 27.0. The standard InChI is InChI=1S/C30H22Cl3NO5/c1-16(26(36)17-10-12-18(31)13-11-17)39-23(35)14-15-34-27(37)24-25(28(34)38)30(33)20-7-3-2-6-19(20)29(24,32)21-8-4-5-9-22(21)30/h2-13,16,24-25H,14-15H2,1H3/t16-,24+,25+,29?,30?/m0/s1. The van der Waals surface area contributed by atoms with Crippen molar-refractivity contribution in [2.24, 2.45) is 11.8 Å². The van der Waals surface area contributed by atoms with Gasteiger partial charge in [0.15, 0.2) is 6.10 Å². The third-order valence-corrected chi connectivity index (χ3v) is 9.56. The van der Waals surface area contributed by atoms with E-state index in [1.807, 2.05) is 48.5 Å². The minimum atomic E-state index is -1.28. The molecule has 1 aliphatic heterocycles. The van der Waals surface area contributed by atoms with E-state index in [0.717, 1.165) is 4.90 Å². The molecule has 1 fully saturated rings. The number of ether oxygens (including phenoxy) is 1. The molecule has 2 bridgehead atoms. The third-order valence-electron chi connectivity index (χ3n) is 8.02. The zero-order valence-electron chi connectivity index (χ0n) is 20.7. The van der Waals surface area contributed by atoms with Gasteiger partial charge in [-0.1, -0.05) is 60.1 Å². The van der Waals surface area contributed by atoms with Gasteiger partial charge >= 0.3 is 5.97 Å². The molecule has 0 saturated carbocycles. The number of amides is 2. The maximum Gasteiger partial charge on any atom is 0.308 e. The van der Waals surface area contributed by atoms with E-state index < -0.39 is 45.5 Å². The van der Waals surface area contributed by atoms with E-state index in [0.29, 0.717) is 32.8 Å². The maximum atomic E-state index is 13.8. The summed E-state index contributed by atoms with van der Waals surface area (Å²) in [7, 11) is 0. The Morgan fingerprint density at radius 3 is 1.69 bits per heavy atom. The van der Waals surface area contributed by atoms with Crippen LogP contribution in [-0.2, 0) is 28.9 Å². The molecule has 3 aromatic carbocycles. The van der Waals surface area contributed by atoms with Gasteiger partial charge in [0.2, 0.25) is 17.6 Å². The third kappa shape index (κ3) is 3.62. The van der Waals surface area contributed by atoms with Crippen LogP contribution in [-0.4, -0.2) is 41.1 Å². The highest BCUT2D eigenvalue weighted by molar-refractivity contribution is 6.36. The first-order valence-corrected chi connectivity index (χ1v) is 13.7. The number of hydrogen-bond donors (Lipinski definition) is 0. The minimum Gasteiger partial charge on any atom is -0.454 e. The molecule has 7 rings (SSSR count). The minimum absolute atomic E-state index is 0.210. The number of ketones is 1. The van der Waals surface area contributed by atoms with Gasteiger partial charge in [-0.15, -0.1) is 23.2 Å². The SMILES string of the molecule is C[C@H](OC(=O)CCN1C(=O)[C@H]2[C@H](C1=O)C1(Cl)c3ccccc3C2(Cl)c2ccccc21)C(=O)c1ccc(Cl)cc1. The number of halogens is 3. The number of esters is 1. The molecule has 0 N–H and O–H groups in total. The number of nitrogens with zero attached hydrogens (tertiary/aromatic N) is 1. The first-order chi connectivity index (χ1) is 18.6. The quantitative estimate of drug-likeness (QED) is 0.167. The molecular formula is C30H22Cl3NO5. The Labute approximate surface area is 239 Å². The first-order valence-electron chi connectivity index (χ1n) is 12.5. The fourth-order valence-corrected chi connectivity index (χ4v) is 7.53. The van der Waals surface area contributed by atoms with Crippen LogP contribution in [0.1, 0.15) is 46.0 Å². The average Bonchev–Trinajstić information content (AvgIpc) is 3.20. The lowest BCUT2D eigenvalue weighted by Crippen LogP contribution is -2.57. The van der Waals surface area contributed by atoms with Gasteiger partial charge in [0, 0.05) is 17.1 Å². The van der Waals surface area contributed by atoms with Crippen molar-refractivity contribution in [3.63, 3.8) is 0 Å². The highest BCUT2D eigenvalue weighted by atomic mass is 35.5. The van der Waals surface area contributed by atoms with Gasteiger partial charge in [0.25, 0.3) is 0 Å². The van der Waals surface area contributed by atoms with Crippen LogP contribution in [0.2, 0.25) is 5.02 Å². The smallest absolute Gasteiger partial charge is 0.308 e. The van der Waals surface area contributed by atoms with Crippen molar-refractivity contribution in [2.45, 2.75) is 29.2 Å². The number of carbonyl (C=O) groups excluding carboxylic acids is 4. The van der Waals surface area contributed by atoms with E-state index in [1.54, 1.807) is 24.3 Å². The molecule has 3 aliphatic carbocycles. The van der Waals surface area contributed by atoms with Crippen molar-refractivity contribution >= 4 is 58.4 Å². The van der Waals surface area contributed by atoms with Gasteiger partial charge in [-0.05, 0) is 53.4 Å². The predicted molar refractivity (Wildman–Crippen MR) is 146 cm³/mol. The van der Waals surface area contributed by atoms with Gasteiger partial charge in [0.1, 0.15) is 9.75 Å². The fourth-order valence-electron chi connectivity index (χ4n) is 6.31. The van der Waals surface area contributed by atoms with E-state index >= 15 is 0 Å². The number of rotatable bonds is 6. The van der Waals surface area contributed by atoms with Crippen molar-refractivity contribution in [3.05, 3.63) is 106 Å². The molecule has 0 spiro atoms. The Hall–Kier alpha value is -3.19. The van der Waals surface area contributed by atoms with Gasteiger partial charge in [-0.3, -0.25) is 24.1 Å². The molecule has 0 unspecified atom stereocenters. The second kappa shape index (κ2) is 9.19. The summed E-state index contributed by atoms with van der Waals surface area (Å²) < 4.78 is 5.32. The number of carbonyl (C=O) groups is 4. The zero-order chi connectivity index (χ0) is 27.7. The fraction of sp³-hybridized carbons (Fsp3) is 0.267. The molecule has 3 aromatic rings. The largest absolute Gasteiger partial charge is 0.454 e. The van der Waals surface area contributed by atoms with Crippen LogP contribution in [0, 0.1) is 11.8 Å². The van der Waals surface area contributed by atoms with Gasteiger partial charge in [-0.25, -0.2) is 0 Å². The topological polar surface area (TPSA) is 80.8 Å². The van der Waals surface area contributed by atoms with Gasteiger partial charge < -0.3 is 4.74 Å². The zero-order valence-corrected chi connectivity index (χ0v) is 23.0. The Kier molecular flexibility index (Phi) is 6.14. The predicted octanol–water partition coefficient (Wildman–Crippen LogP) is 5.44. The number of Topliss-reactive ketones (excluding diaryl/α,β-unsaturated/α-hetero) is 1. The molecule has 4 aliphatic rings. The molecule has 0 aromatic heterocycles. The highest BCUT2D eigenvalue weighted by Gasteiger charge is 2.72. The molecule has 198 valence electrons. The lowest BCUT2D eigenvalue weighted by molar-refractivity contribution is -0.148. The number of likely N-dealkylation sites (tertiary alicyclic amines) is 1. The summed E-state index contributed by atoms with van der Waals surface area (Å²) in [5, 5.41) is 0.480. The van der Waals surface area contributed by atoms with E-state index in [4.69, 9.17) is 39.5 Å². The van der Waals surface area contributed by atoms with Crippen LogP contribution < -0.4 is 0 Å². The summed E-state index contributed by atoms with van der Waals surface area (Å²) in [5.41, 5.74) is 3.18. The number of imide groups is 1. The van der Waals surface area contributed by atoms with Crippen LogP contribution in [0.4, 0.5) is 0 Å². The Morgan fingerprint density at radius 2 is 1.26 bits per heavy atom. The van der Waals surface area contributed by atoms with Crippen LogP contribution in [0.3, 0.4) is 0 Å². The van der Waals surface area contributed by atoms with E-state index in [-0.39, 0.29) is 18.7 Å². The van der Waals surface area contributed by atoms with Crippen LogP contribution in [0.25, 0.3) is 0 Å². The van der Waals surface area contributed by atoms with Crippen LogP contribution in [0.5, 0.6) is 0 Å². The second-order valence-corrected chi connectivity index (χ2v) is 11.7. The summed E-state index contributed by atoms with van der Waals surface area (Å²) in [5.74, 6) is -3.93. The maximum absolute atomic E-state index is 13.8. The average molecular weight is 583 g/mol. The van der Waals surface area contributed by atoms with Crippen molar-refractivity contribution in [3.8, 4) is 0 Å². The summed E-state index contributed by atoms with van der Waals surface area (Å²) in [6.07, 6.45) is -1.33. The number of benzene rings is 3. The number of hydrogen-bond acceptors (Lipinski definition) is 5. The summed E-state index contributed by atoms with van der Waals surface area (Å²) in [6.45, 7) is 1.26. The molecule has 0 radical (unpaired) electrons. The Bertz CT molecular complexity index is 1430. The summed E-state index contributed by atoms with van der Waals surface area (Å²) >= 11 is 20.6. The monoisotopic (exact) mass is 581 g/mol. The van der Waals surface area contributed by atoms with Gasteiger partial charge in [0.05, 0.1) is 18.3 Å².